The number of ether oxygens (including phenoxy) is 2. The monoisotopic (exact) mass is 363 g/mol. The summed E-state index contributed by atoms with van der Waals surface area (Å²) in [4.78, 5) is 12.1. The summed E-state index contributed by atoms with van der Waals surface area (Å²) in [5.41, 5.74) is 0. The van der Waals surface area contributed by atoms with E-state index < -0.39 is 0 Å². The molecule has 8 nitrogen and oxygen atoms in total. The molecule has 0 saturated heterocycles. The zero-order valence-corrected chi connectivity index (χ0v) is 15.0. The first-order valence-corrected chi connectivity index (χ1v) is 9.14. The van der Waals surface area contributed by atoms with E-state index in [0.717, 1.165) is 12.3 Å². The van der Waals surface area contributed by atoms with Crippen molar-refractivity contribution in [1.29, 1.82) is 0 Å². The number of amides is 1. The molecule has 0 aliphatic carbocycles. The summed E-state index contributed by atoms with van der Waals surface area (Å²) in [6.07, 6.45) is -0.199. The summed E-state index contributed by atoms with van der Waals surface area (Å²) in [6, 6.07) is 7.51. The number of hydrogen-bond acceptors (Lipinski definition) is 7. The molecule has 1 N–H and O–H groups in total. The van der Waals surface area contributed by atoms with Gasteiger partial charge in [0.25, 0.3) is 0 Å². The lowest BCUT2D eigenvalue weighted by molar-refractivity contribution is -0.119. The molecule has 1 aliphatic rings. The Balaban J connectivity index is 1.43. The van der Waals surface area contributed by atoms with Gasteiger partial charge in [-0.25, -0.2) is 4.68 Å². The van der Waals surface area contributed by atoms with E-state index in [1.165, 1.54) is 11.8 Å². The molecule has 0 radical (unpaired) electrons. The van der Waals surface area contributed by atoms with E-state index in [1.54, 1.807) is 4.68 Å². The quantitative estimate of drug-likeness (QED) is 0.743. The maximum atomic E-state index is 12.1. The molecule has 25 heavy (non-hydrogen) atoms. The number of para-hydroxylation sites is 2. The number of nitrogens with one attached hydrogen (secondary N) is 1. The van der Waals surface area contributed by atoms with Crippen molar-refractivity contribution in [3.63, 3.8) is 0 Å². The molecule has 1 aromatic carbocycles. The van der Waals surface area contributed by atoms with Crippen LogP contribution in [0.25, 0.3) is 0 Å². The zero-order valence-electron chi connectivity index (χ0n) is 14.2. The number of aromatic nitrogens is 4. The standard InChI is InChI=1S/C16H21N5O3S/c1-11(2)8-21-16(18-19-20-21)25-10-15(22)17-7-12-9-23-13-5-3-4-6-14(13)24-12/h3-6,11-12H,7-10H2,1-2H3,(H,17,22). The zero-order chi connectivity index (χ0) is 17.6. The molecule has 2 aromatic rings. The minimum atomic E-state index is -0.199. The van der Waals surface area contributed by atoms with E-state index in [9.17, 15) is 4.79 Å². The van der Waals surface area contributed by atoms with Gasteiger partial charge in [-0.15, -0.1) is 5.10 Å². The SMILES string of the molecule is CC(C)Cn1nnnc1SCC(=O)NCC1COc2ccccc2O1. The minimum absolute atomic E-state index is 0.0912. The van der Waals surface area contributed by atoms with Crippen molar-refractivity contribution in [3.8, 4) is 11.5 Å². The minimum Gasteiger partial charge on any atom is -0.486 e. The number of fused-ring (bicyclic) bond motifs is 1. The Morgan fingerprint density at radius 1 is 1.40 bits per heavy atom. The number of hydrogen-bond donors (Lipinski definition) is 1. The second-order valence-electron chi connectivity index (χ2n) is 6.13. The van der Waals surface area contributed by atoms with Crippen LogP contribution in [-0.4, -0.2) is 51.1 Å². The molecule has 3 rings (SSSR count). The lowest BCUT2D eigenvalue weighted by Gasteiger charge is -2.26. The van der Waals surface area contributed by atoms with E-state index in [2.05, 4.69) is 34.7 Å². The van der Waals surface area contributed by atoms with Gasteiger partial charge >= 0.3 is 0 Å². The normalized spacial score (nSPS) is 16.0. The summed E-state index contributed by atoms with van der Waals surface area (Å²) in [7, 11) is 0. The van der Waals surface area contributed by atoms with Crippen LogP contribution >= 0.6 is 11.8 Å². The molecular weight excluding hydrogens is 342 g/mol. The largest absolute Gasteiger partial charge is 0.486 e. The van der Waals surface area contributed by atoms with Crippen molar-refractivity contribution in [3.05, 3.63) is 24.3 Å². The van der Waals surface area contributed by atoms with Crippen molar-refractivity contribution < 1.29 is 14.3 Å². The Kier molecular flexibility index (Phi) is 5.75. The first-order chi connectivity index (χ1) is 12.1. The highest BCUT2D eigenvalue weighted by molar-refractivity contribution is 7.99. The van der Waals surface area contributed by atoms with Gasteiger partial charge in [0, 0.05) is 6.54 Å². The molecule has 1 atom stereocenters. The van der Waals surface area contributed by atoms with E-state index in [-0.39, 0.29) is 17.8 Å². The van der Waals surface area contributed by atoms with Crippen molar-refractivity contribution in [1.82, 2.24) is 25.5 Å². The summed E-state index contributed by atoms with van der Waals surface area (Å²) < 4.78 is 13.2. The van der Waals surface area contributed by atoms with Crippen LogP contribution in [-0.2, 0) is 11.3 Å². The Hall–Kier alpha value is -2.29. The molecular formula is C16H21N5O3S. The Morgan fingerprint density at radius 2 is 2.20 bits per heavy atom. The molecule has 0 saturated carbocycles. The van der Waals surface area contributed by atoms with Crippen LogP contribution in [0.15, 0.2) is 29.4 Å². The second kappa shape index (κ2) is 8.19. The van der Waals surface area contributed by atoms with Gasteiger partial charge in [0.15, 0.2) is 11.5 Å². The molecule has 134 valence electrons. The van der Waals surface area contributed by atoms with Crippen LogP contribution in [0.3, 0.4) is 0 Å². The second-order valence-corrected chi connectivity index (χ2v) is 7.07. The fourth-order valence-electron chi connectivity index (χ4n) is 2.33. The van der Waals surface area contributed by atoms with Gasteiger partial charge in [0.05, 0.1) is 12.3 Å². The predicted octanol–water partition coefficient (Wildman–Crippen LogP) is 1.38. The molecule has 1 amide bonds. The van der Waals surface area contributed by atoms with Crippen LogP contribution < -0.4 is 14.8 Å². The van der Waals surface area contributed by atoms with Gasteiger partial charge in [0.2, 0.25) is 11.1 Å². The summed E-state index contributed by atoms with van der Waals surface area (Å²) in [6.45, 7) is 5.71. The average Bonchev–Trinajstić information content (AvgIpc) is 3.04. The number of nitrogens with zero attached hydrogens (tertiary/aromatic N) is 4. The van der Waals surface area contributed by atoms with E-state index in [0.29, 0.717) is 30.0 Å². The number of tetrazole rings is 1. The highest BCUT2D eigenvalue weighted by atomic mass is 32.2. The lowest BCUT2D eigenvalue weighted by atomic mass is 10.2. The van der Waals surface area contributed by atoms with Gasteiger partial charge in [0.1, 0.15) is 12.7 Å². The maximum Gasteiger partial charge on any atom is 0.230 e. The number of thioether (sulfide) groups is 1. The van der Waals surface area contributed by atoms with E-state index in [1.807, 2.05) is 24.3 Å². The molecule has 9 heteroatoms. The van der Waals surface area contributed by atoms with Crippen LogP contribution in [0.4, 0.5) is 0 Å². The third-order valence-corrected chi connectivity index (χ3v) is 4.42. The van der Waals surface area contributed by atoms with Crippen LogP contribution in [0.1, 0.15) is 13.8 Å². The van der Waals surface area contributed by atoms with E-state index in [4.69, 9.17) is 9.47 Å². The van der Waals surface area contributed by atoms with Crippen molar-refractivity contribution in [2.75, 3.05) is 18.9 Å². The summed E-state index contributed by atoms with van der Waals surface area (Å²) >= 11 is 1.32. The van der Waals surface area contributed by atoms with Gasteiger partial charge in [-0.3, -0.25) is 4.79 Å². The van der Waals surface area contributed by atoms with Crippen LogP contribution in [0.2, 0.25) is 0 Å². The van der Waals surface area contributed by atoms with Crippen LogP contribution in [0.5, 0.6) is 11.5 Å². The fourth-order valence-corrected chi connectivity index (χ4v) is 3.05. The number of carbonyl (C=O) groups is 1. The van der Waals surface area contributed by atoms with Crippen LogP contribution in [0, 0.1) is 5.92 Å². The molecule has 1 aromatic heterocycles. The summed E-state index contributed by atoms with van der Waals surface area (Å²) in [5, 5.41) is 15.1. The molecule has 1 unspecified atom stereocenters. The first kappa shape index (κ1) is 17.5. The first-order valence-electron chi connectivity index (χ1n) is 8.16. The topological polar surface area (TPSA) is 91.2 Å². The Labute approximate surface area is 150 Å². The van der Waals surface area contributed by atoms with E-state index >= 15 is 0 Å². The molecule has 0 fully saturated rings. The smallest absolute Gasteiger partial charge is 0.230 e. The third-order valence-electron chi connectivity index (χ3n) is 3.46. The Bertz CT molecular complexity index is 721. The predicted molar refractivity (Wildman–Crippen MR) is 92.7 cm³/mol. The molecule has 0 bridgehead atoms. The molecule has 2 heterocycles. The third kappa shape index (κ3) is 4.85. The number of rotatable bonds is 7. The van der Waals surface area contributed by atoms with Crippen molar-refractivity contribution in [2.45, 2.75) is 31.7 Å². The molecule has 0 spiro atoms. The highest BCUT2D eigenvalue weighted by Gasteiger charge is 2.21. The highest BCUT2D eigenvalue weighted by Crippen LogP contribution is 2.30. The lowest BCUT2D eigenvalue weighted by Crippen LogP contribution is -2.41. The number of carbonyl (C=O) groups excluding carboxylic acids is 1. The number of benzene rings is 1. The van der Waals surface area contributed by atoms with Gasteiger partial charge in [-0.2, -0.15) is 0 Å². The Morgan fingerprint density at radius 3 is 3.00 bits per heavy atom. The maximum absolute atomic E-state index is 12.1. The average molecular weight is 363 g/mol. The summed E-state index contributed by atoms with van der Waals surface area (Å²) in [5.74, 6) is 2.03. The van der Waals surface area contributed by atoms with Gasteiger partial charge in [-0.1, -0.05) is 37.7 Å². The van der Waals surface area contributed by atoms with Crippen molar-refractivity contribution in [2.24, 2.45) is 5.92 Å². The molecule has 1 aliphatic heterocycles. The van der Waals surface area contributed by atoms with Crippen molar-refractivity contribution >= 4 is 17.7 Å². The van der Waals surface area contributed by atoms with Gasteiger partial charge < -0.3 is 14.8 Å². The fraction of sp³-hybridized carbons (Fsp3) is 0.500. The van der Waals surface area contributed by atoms with Gasteiger partial charge in [-0.05, 0) is 28.5 Å².